The van der Waals surface area contributed by atoms with Crippen LogP contribution in [0.4, 0.5) is 5.69 Å². The van der Waals surface area contributed by atoms with Crippen molar-refractivity contribution >= 4 is 23.4 Å². The van der Waals surface area contributed by atoms with Gasteiger partial charge in [0, 0.05) is 23.7 Å². The number of carboxylic acids is 1. The first kappa shape index (κ1) is 14.2. The number of aromatic carboxylic acids is 1. The molecular formula is C14H19NO3S. The van der Waals surface area contributed by atoms with Gasteiger partial charge in [-0.15, -0.1) is 11.8 Å². The monoisotopic (exact) mass is 281 g/mol. The molecule has 4 nitrogen and oxygen atoms in total. The molecule has 0 spiro atoms. The lowest BCUT2D eigenvalue weighted by Crippen LogP contribution is -2.27. The SMILES string of the molecule is CSc1cccc(NCC2CCCCO2)c1C(=O)O. The lowest BCUT2D eigenvalue weighted by atomic mass is 10.1. The Bertz CT molecular complexity index is 444. The largest absolute Gasteiger partial charge is 0.478 e. The first-order valence-corrected chi connectivity index (χ1v) is 7.70. The maximum Gasteiger partial charge on any atom is 0.338 e. The fourth-order valence-corrected chi connectivity index (χ4v) is 2.88. The molecule has 104 valence electrons. The van der Waals surface area contributed by atoms with E-state index in [0.717, 1.165) is 24.3 Å². The van der Waals surface area contributed by atoms with E-state index in [1.807, 2.05) is 24.5 Å². The van der Waals surface area contributed by atoms with Crippen molar-refractivity contribution in [3.05, 3.63) is 23.8 Å². The zero-order chi connectivity index (χ0) is 13.7. The average molecular weight is 281 g/mol. The van der Waals surface area contributed by atoms with Crippen molar-refractivity contribution in [2.24, 2.45) is 0 Å². The van der Waals surface area contributed by atoms with E-state index >= 15 is 0 Å². The van der Waals surface area contributed by atoms with Crippen LogP contribution in [-0.2, 0) is 4.74 Å². The van der Waals surface area contributed by atoms with Crippen LogP contribution in [0.2, 0.25) is 0 Å². The number of rotatable bonds is 5. The summed E-state index contributed by atoms with van der Waals surface area (Å²) in [6.07, 6.45) is 5.42. The summed E-state index contributed by atoms with van der Waals surface area (Å²) in [5.41, 5.74) is 1.03. The molecule has 0 radical (unpaired) electrons. The molecule has 1 heterocycles. The molecule has 1 atom stereocenters. The highest BCUT2D eigenvalue weighted by Crippen LogP contribution is 2.27. The van der Waals surface area contributed by atoms with E-state index < -0.39 is 5.97 Å². The second-order valence-electron chi connectivity index (χ2n) is 4.56. The van der Waals surface area contributed by atoms with Crippen molar-refractivity contribution in [2.75, 3.05) is 24.7 Å². The fraction of sp³-hybridized carbons (Fsp3) is 0.500. The highest BCUT2D eigenvalue weighted by Gasteiger charge is 2.17. The van der Waals surface area contributed by atoms with Crippen LogP contribution in [0.15, 0.2) is 23.1 Å². The number of nitrogens with one attached hydrogen (secondary N) is 1. The summed E-state index contributed by atoms with van der Waals surface area (Å²) >= 11 is 1.45. The molecule has 1 unspecified atom stereocenters. The lowest BCUT2D eigenvalue weighted by molar-refractivity contribution is 0.0247. The molecule has 1 aromatic rings. The van der Waals surface area contributed by atoms with Crippen molar-refractivity contribution in [3.8, 4) is 0 Å². The van der Waals surface area contributed by atoms with Crippen molar-refractivity contribution in [1.29, 1.82) is 0 Å². The summed E-state index contributed by atoms with van der Waals surface area (Å²) < 4.78 is 5.64. The van der Waals surface area contributed by atoms with Gasteiger partial charge in [0.1, 0.15) is 0 Å². The van der Waals surface area contributed by atoms with Gasteiger partial charge in [0.05, 0.1) is 11.7 Å². The molecule has 0 aromatic heterocycles. The number of carbonyl (C=O) groups is 1. The van der Waals surface area contributed by atoms with Crippen molar-refractivity contribution < 1.29 is 14.6 Å². The van der Waals surface area contributed by atoms with Crippen molar-refractivity contribution in [2.45, 2.75) is 30.3 Å². The zero-order valence-corrected chi connectivity index (χ0v) is 11.8. The number of carboxylic acid groups (broad SMARTS) is 1. The highest BCUT2D eigenvalue weighted by molar-refractivity contribution is 7.98. The summed E-state index contributed by atoms with van der Waals surface area (Å²) in [7, 11) is 0. The normalized spacial score (nSPS) is 19.1. The summed E-state index contributed by atoms with van der Waals surface area (Å²) in [5, 5.41) is 12.5. The summed E-state index contributed by atoms with van der Waals surface area (Å²) in [5.74, 6) is -0.892. The van der Waals surface area contributed by atoms with Gasteiger partial charge < -0.3 is 15.2 Å². The second kappa shape index (κ2) is 6.82. The minimum Gasteiger partial charge on any atom is -0.478 e. The van der Waals surface area contributed by atoms with E-state index in [1.165, 1.54) is 18.2 Å². The average Bonchev–Trinajstić information content (AvgIpc) is 2.45. The van der Waals surface area contributed by atoms with Crippen LogP contribution in [0.5, 0.6) is 0 Å². The van der Waals surface area contributed by atoms with E-state index in [4.69, 9.17) is 4.74 Å². The topological polar surface area (TPSA) is 58.6 Å². The van der Waals surface area contributed by atoms with E-state index in [9.17, 15) is 9.90 Å². The Balaban J connectivity index is 2.08. The van der Waals surface area contributed by atoms with Gasteiger partial charge in [-0.05, 0) is 37.7 Å². The molecule has 1 aromatic carbocycles. The molecule has 0 aliphatic carbocycles. The highest BCUT2D eigenvalue weighted by atomic mass is 32.2. The molecule has 2 rings (SSSR count). The molecule has 0 amide bonds. The second-order valence-corrected chi connectivity index (χ2v) is 5.41. The first-order chi connectivity index (χ1) is 9.22. The third kappa shape index (κ3) is 3.64. The van der Waals surface area contributed by atoms with Gasteiger partial charge in [-0.2, -0.15) is 0 Å². The number of thioether (sulfide) groups is 1. The zero-order valence-electron chi connectivity index (χ0n) is 11.0. The molecule has 19 heavy (non-hydrogen) atoms. The molecule has 1 fully saturated rings. The van der Waals surface area contributed by atoms with Gasteiger partial charge in [-0.3, -0.25) is 0 Å². The van der Waals surface area contributed by atoms with Crippen LogP contribution in [0.3, 0.4) is 0 Å². The molecule has 2 N–H and O–H groups in total. The Kier molecular flexibility index (Phi) is 5.10. The smallest absolute Gasteiger partial charge is 0.338 e. The van der Waals surface area contributed by atoms with Crippen molar-refractivity contribution in [1.82, 2.24) is 0 Å². The van der Waals surface area contributed by atoms with Crippen LogP contribution >= 0.6 is 11.8 Å². The fourth-order valence-electron chi connectivity index (χ4n) is 2.26. The molecule has 1 aliphatic heterocycles. The molecule has 1 saturated heterocycles. The quantitative estimate of drug-likeness (QED) is 0.812. The van der Waals surface area contributed by atoms with E-state index in [1.54, 1.807) is 0 Å². The number of benzene rings is 1. The lowest BCUT2D eigenvalue weighted by Gasteiger charge is -2.23. The maximum absolute atomic E-state index is 11.4. The van der Waals surface area contributed by atoms with Gasteiger partial charge >= 0.3 is 5.97 Å². The molecule has 0 saturated carbocycles. The molecular weight excluding hydrogens is 262 g/mol. The summed E-state index contributed by atoms with van der Waals surface area (Å²) in [6.45, 7) is 1.47. The van der Waals surface area contributed by atoms with Crippen LogP contribution in [0.25, 0.3) is 0 Å². The summed E-state index contributed by atoms with van der Waals surface area (Å²) in [4.78, 5) is 12.1. The van der Waals surface area contributed by atoms with Crippen LogP contribution in [-0.4, -0.2) is 36.6 Å². The predicted octanol–water partition coefficient (Wildman–Crippen LogP) is 3.09. The standard InChI is InChI=1S/C14H19NO3S/c1-19-12-7-4-6-11(13(12)14(16)17)15-9-10-5-2-3-8-18-10/h4,6-7,10,15H,2-3,5,8-9H2,1H3,(H,16,17). The van der Waals surface area contributed by atoms with Gasteiger partial charge in [0.25, 0.3) is 0 Å². The Morgan fingerprint density at radius 3 is 3.00 bits per heavy atom. The van der Waals surface area contributed by atoms with Crippen LogP contribution in [0.1, 0.15) is 29.6 Å². The van der Waals surface area contributed by atoms with Gasteiger partial charge in [0.15, 0.2) is 0 Å². The Morgan fingerprint density at radius 1 is 1.53 bits per heavy atom. The Labute approximate surface area is 117 Å². The minimum absolute atomic E-state index is 0.188. The van der Waals surface area contributed by atoms with Gasteiger partial charge in [0.2, 0.25) is 0 Å². The van der Waals surface area contributed by atoms with Gasteiger partial charge in [-0.1, -0.05) is 6.07 Å². The van der Waals surface area contributed by atoms with E-state index in [2.05, 4.69) is 5.32 Å². The Morgan fingerprint density at radius 2 is 2.37 bits per heavy atom. The maximum atomic E-state index is 11.4. The number of hydrogen-bond donors (Lipinski definition) is 2. The predicted molar refractivity (Wildman–Crippen MR) is 77.3 cm³/mol. The first-order valence-electron chi connectivity index (χ1n) is 6.48. The third-order valence-corrected chi connectivity index (χ3v) is 4.03. The summed E-state index contributed by atoms with van der Waals surface area (Å²) in [6, 6.07) is 5.52. The number of hydrogen-bond acceptors (Lipinski definition) is 4. The minimum atomic E-state index is -0.892. The Hall–Kier alpha value is -1.20. The van der Waals surface area contributed by atoms with E-state index in [0.29, 0.717) is 17.8 Å². The molecule has 5 heteroatoms. The van der Waals surface area contributed by atoms with E-state index in [-0.39, 0.29) is 6.10 Å². The molecule has 1 aliphatic rings. The number of ether oxygens (including phenoxy) is 1. The molecule has 0 bridgehead atoms. The third-order valence-electron chi connectivity index (χ3n) is 3.25. The van der Waals surface area contributed by atoms with Crippen LogP contribution < -0.4 is 5.32 Å². The van der Waals surface area contributed by atoms with Crippen LogP contribution in [0, 0.1) is 0 Å². The van der Waals surface area contributed by atoms with Crippen molar-refractivity contribution in [3.63, 3.8) is 0 Å². The number of anilines is 1. The van der Waals surface area contributed by atoms with Gasteiger partial charge in [-0.25, -0.2) is 4.79 Å².